The molecular weight excluding hydrogens is 277 g/mol. The first kappa shape index (κ1) is 16.6. The third-order valence-corrected chi connectivity index (χ3v) is 3.63. The molecule has 8 heteroatoms. The van der Waals surface area contributed by atoms with Crippen molar-refractivity contribution in [1.29, 1.82) is 0 Å². The summed E-state index contributed by atoms with van der Waals surface area (Å²) in [7, 11) is 0. The summed E-state index contributed by atoms with van der Waals surface area (Å²) >= 11 is 0. The van der Waals surface area contributed by atoms with Crippen molar-refractivity contribution in [2.45, 2.75) is 50.7 Å². The topological polar surface area (TPSA) is 69.6 Å². The summed E-state index contributed by atoms with van der Waals surface area (Å²) in [6, 6.07) is -0.603. The van der Waals surface area contributed by atoms with Crippen LogP contribution in [0.3, 0.4) is 0 Å². The predicted octanol–water partition coefficient (Wildman–Crippen LogP) is 2.37. The number of nitrogens with zero attached hydrogens (tertiary/aromatic N) is 1. The quantitative estimate of drug-likeness (QED) is 0.765. The molecule has 1 aliphatic rings. The van der Waals surface area contributed by atoms with Gasteiger partial charge < -0.3 is 15.3 Å². The predicted molar refractivity (Wildman–Crippen MR) is 65.3 cm³/mol. The van der Waals surface area contributed by atoms with E-state index in [-0.39, 0.29) is 19.4 Å². The van der Waals surface area contributed by atoms with Crippen molar-refractivity contribution in [3.05, 3.63) is 0 Å². The van der Waals surface area contributed by atoms with Crippen LogP contribution in [-0.2, 0) is 4.79 Å². The number of likely N-dealkylation sites (tertiary alicyclic amines) is 1. The van der Waals surface area contributed by atoms with Gasteiger partial charge in [-0.3, -0.25) is 0 Å². The van der Waals surface area contributed by atoms with Crippen molar-refractivity contribution < 1.29 is 27.9 Å². The summed E-state index contributed by atoms with van der Waals surface area (Å²) in [5, 5.41) is 11.7. The number of carbonyl (C=O) groups is 2. The largest absolute Gasteiger partial charge is 0.479 e. The fraction of sp³-hybridized carbons (Fsp3) is 0.833. The zero-order chi connectivity index (χ0) is 15.4. The first-order valence-corrected chi connectivity index (χ1v) is 6.58. The molecule has 0 spiro atoms. The Morgan fingerprint density at radius 1 is 1.40 bits per heavy atom. The number of halogens is 3. The second-order valence-corrected chi connectivity index (χ2v) is 4.90. The second kappa shape index (κ2) is 6.32. The Kier molecular flexibility index (Phi) is 5.24. The van der Waals surface area contributed by atoms with Crippen LogP contribution in [0, 0.1) is 0 Å². The maximum absolute atomic E-state index is 12.0. The van der Waals surface area contributed by atoms with Crippen LogP contribution in [0.4, 0.5) is 18.0 Å². The highest BCUT2D eigenvalue weighted by Crippen LogP contribution is 2.32. The summed E-state index contributed by atoms with van der Waals surface area (Å²) in [6.07, 6.45) is -4.20. The maximum Gasteiger partial charge on any atom is 0.389 e. The molecule has 116 valence electrons. The first-order chi connectivity index (χ1) is 9.23. The maximum atomic E-state index is 12.0. The number of carbonyl (C=O) groups excluding carboxylic acids is 1. The lowest BCUT2D eigenvalue weighted by Gasteiger charge is -2.33. The van der Waals surface area contributed by atoms with Gasteiger partial charge in [-0.2, -0.15) is 13.2 Å². The van der Waals surface area contributed by atoms with Gasteiger partial charge in [-0.05, 0) is 25.7 Å². The van der Waals surface area contributed by atoms with Crippen molar-refractivity contribution in [3.63, 3.8) is 0 Å². The van der Waals surface area contributed by atoms with Crippen molar-refractivity contribution in [2.24, 2.45) is 0 Å². The molecule has 0 aromatic heterocycles. The smallest absolute Gasteiger partial charge is 0.389 e. The lowest BCUT2D eigenvalue weighted by Crippen LogP contribution is -2.55. The summed E-state index contributed by atoms with van der Waals surface area (Å²) in [6.45, 7) is 1.88. The third kappa shape index (κ3) is 3.77. The molecule has 2 N–H and O–H groups in total. The highest BCUT2D eigenvalue weighted by molar-refractivity contribution is 5.87. The fourth-order valence-electron chi connectivity index (χ4n) is 2.50. The molecule has 5 nitrogen and oxygen atoms in total. The van der Waals surface area contributed by atoms with Gasteiger partial charge in [0.2, 0.25) is 0 Å². The molecule has 0 saturated carbocycles. The summed E-state index contributed by atoms with van der Waals surface area (Å²) in [5.74, 6) is -1.07. The first-order valence-electron chi connectivity index (χ1n) is 6.58. The van der Waals surface area contributed by atoms with Gasteiger partial charge in [0.05, 0.1) is 0 Å². The summed E-state index contributed by atoms with van der Waals surface area (Å²) < 4.78 is 35.9. The average molecular weight is 296 g/mol. The molecule has 1 rings (SSSR count). The van der Waals surface area contributed by atoms with Gasteiger partial charge in [0.25, 0.3) is 0 Å². The van der Waals surface area contributed by atoms with Crippen molar-refractivity contribution in [1.82, 2.24) is 10.2 Å². The number of rotatable bonds is 5. The molecule has 20 heavy (non-hydrogen) atoms. The SMILES string of the molecule is CCC1(C(=O)O)CCCN1C(=O)NCCCC(F)(F)F. The molecule has 0 aromatic rings. The Morgan fingerprint density at radius 2 is 2.05 bits per heavy atom. The van der Waals surface area contributed by atoms with Gasteiger partial charge in [0.15, 0.2) is 0 Å². The minimum atomic E-state index is -4.24. The highest BCUT2D eigenvalue weighted by atomic mass is 19.4. The van der Waals surface area contributed by atoms with Gasteiger partial charge in [-0.1, -0.05) is 6.92 Å². The zero-order valence-electron chi connectivity index (χ0n) is 11.3. The Labute approximate surface area is 115 Å². The molecular formula is C12H19F3N2O3. The van der Waals surface area contributed by atoms with Crippen LogP contribution in [0.5, 0.6) is 0 Å². The number of urea groups is 1. The lowest BCUT2D eigenvalue weighted by molar-refractivity contribution is -0.148. The fourth-order valence-corrected chi connectivity index (χ4v) is 2.50. The zero-order valence-corrected chi connectivity index (χ0v) is 11.3. The van der Waals surface area contributed by atoms with E-state index in [4.69, 9.17) is 0 Å². The normalized spacial score (nSPS) is 22.9. The van der Waals surface area contributed by atoms with E-state index in [1.54, 1.807) is 6.92 Å². The monoisotopic (exact) mass is 296 g/mol. The number of amides is 2. The van der Waals surface area contributed by atoms with Crippen molar-refractivity contribution in [2.75, 3.05) is 13.1 Å². The van der Waals surface area contributed by atoms with Gasteiger partial charge in [-0.15, -0.1) is 0 Å². The van der Waals surface area contributed by atoms with Crippen LogP contribution in [0.25, 0.3) is 0 Å². The highest BCUT2D eigenvalue weighted by Gasteiger charge is 2.48. The van der Waals surface area contributed by atoms with Crippen molar-refractivity contribution >= 4 is 12.0 Å². The molecule has 1 aliphatic heterocycles. The van der Waals surface area contributed by atoms with E-state index in [1.165, 1.54) is 4.90 Å². The number of hydrogen-bond acceptors (Lipinski definition) is 2. The molecule has 0 aromatic carbocycles. The van der Waals surface area contributed by atoms with Gasteiger partial charge >= 0.3 is 18.2 Å². The van der Waals surface area contributed by atoms with Crippen LogP contribution in [0.15, 0.2) is 0 Å². The average Bonchev–Trinajstić information content (AvgIpc) is 2.78. The van der Waals surface area contributed by atoms with Crippen LogP contribution < -0.4 is 5.32 Å². The van der Waals surface area contributed by atoms with Crippen LogP contribution in [0.1, 0.15) is 39.0 Å². The van der Waals surface area contributed by atoms with Crippen molar-refractivity contribution in [3.8, 4) is 0 Å². The lowest BCUT2D eigenvalue weighted by atomic mass is 9.93. The molecule has 0 aliphatic carbocycles. The minimum Gasteiger partial charge on any atom is -0.479 e. The van der Waals surface area contributed by atoms with Gasteiger partial charge in [0, 0.05) is 19.5 Å². The molecule has 1 heterocycles. The third-order valence-electron chi connectivity index (χ3n) is 3.63. The van der Waals surface area contributed by atoms with E-state index in [0.717, 1.165) is 0 Å². The Morgan fingerprint density at radius 3 is 2.55 bits per heavy atom. The molecule has 1 unspecified atom stereocenters. The standard InChI is InChI=1S/C12H19F3N2O3/c1-2-11(9(18)19)5-4-8-17(11)10(20)16-7-3-6-12(13,14)15/h2-8H2,1H3,(H,16,20)(H,18,19). The number of nitrogens with one attached hydrogen (secondary N) is 1. The molecule has 1 fully saturated rings. The molecule has 0 radical (unpaired) electrons. The summed E-state index contributed by atoms with van der Waals surface area (Å²) in [4.78, 5) is 24.5. The number of alkyl halides is 3. The number of carboxylic acid groups (broad SMARTS) is 1. The molecule has 0 bridgehead atoms. The number of hydrogen-bond donors (Lipinski definition) is 2. The van der Waals surface area contributed by atoms with Crippen LogP contribution in [0.2, 0.25) is 0 Å². The number of carboxylic acids is 1. The molecule has 2 amide bonds. The van der Waals surface area contributed by atoms with Gasteiger partial charge in [0.1, 0.15) is 5.54 Å². The van der Waals surface area contributed by atoms with E-state index in [1.807, 2.05) is 0 Å². The van der Waals surface area contributed by atoms with E-state index < -0.39 is 30.1 Å². The Balaban J connectivity index is 2.52. The summed E-state index contributed by atoms with van der Waals surface area (Å²) in [5.41, 5.74) is -1.23. The van der Waals surface area contributed by atoms with E-state index in [0.29, 0.717) is 19.4 Å². The molecule has 1 atom stereocenters. The van der Waals surface area contributed by atoms with Gasteiger partial charge in [-0.25, -0.2) is 9.59 Å². The molecule has 1 saturated heterocycles. The van der Waals surface area contributed by atoms with E-state index in [2.05, 4.69) is 5.32 Å². The second-order valence-electron chi connectivity index (χ2n) is 4.90. The van der Waals surface area contributed by atoms with Crippen LogP contribution in [-0.4, -0.2) is 46.8 Å². The Bertz CT molecular complexity index is 373. The number of aliphatic carboxylic acids is 1. The minimum absolute atomic E-state index is 0.117. The van der Waals surface area contributed by atoms with Crippen LogP contribution >= 0.6 is 0 Å². The van der Waals surface area contributed by atoms with E-state index >= 15 is 0 Å². The van der Waals surface area contributed by atoms with E-state index in [9.17, 15) is 27.9 Å². The Hall–Kier alpha value is -1.47.